The molecule has 0 heterocycles. The smallest absolute Gasteiger partial charge is 0.246 e. The number of aryl methyl sites for hydroxylation is 2. The number of para-hydroxylation sites is 1. The van der Waals surface area contributed by atoms with Gasteiger partial charge in [0, 0.05) is 12.0 Å². The first-order valence-corrected chi connectivity index (χ1v) is 9.11. The Kier molecular flexibility index (Phi) is 4.52. The summed E-state index contributed by atoms with van der Waals surface area (Å²) in [5.41, 5.74) is 3.69. The highest BCUT2D eigenvalue weighted by atomic mass is 32.2. The van der Waals surface area contributed by atoms with Crippen LogP contribution in [0.25, 0.3) is 0 Å². The van der Waals surface area contributed by atoms with E-state index < -0.39 is 15.6 Å². The summed E-state index contributed by atoms with van der Waals surface area (Å²) >= 11 is 0. The van der Waals surface area contributed by atoms with Gasteiger partial charge in [-0.3, -0.25) is 9.69 Å². The van der Waals surface area contributed by atoms with E-state index in [0.29, 0.717) is 0 Å². The van der Waals surface area contributed by atoms with Gasteiger partial charge in [-0.25, -0.2) is 8.42 Å². The quantitative estimate of drug-likeness (QED) is 0.859. The minimum atomic E-state index is -3.35. The molecule has 0 N–H and O–H groups in total. The summed E-state index contributed by atoms with van der Waals surface area (Å²) in [5, 5.41) is 0. The number of hydrogen-bond donors (Lipinski definition) is 0. The monoisotopic (exact) mass is 307 g/mol. The number of nitrogens with zero attached hydrogens (tertiary/aromatic N) is 1. The lowest BCUT2D eigenvalue weighted by atomic mass is 10.1. The van der Waals surface area contributed by atoms with Crippen molar-refractivity contribution in [3.63, 3.8) is 0 Å². The van der Waals surface area contributed by atoms with Crippen LogP contribution in [-0.2, 0) is 14.6 Å². The zero-order valence-corrected chi connectivity index (χ0v) is 13.5. The summed E-state index contributed by atoms with van der Waals surface area (Å²) in [7, 11) is -3.35. The first-order valence-electron chi connectivity index (χ1n) is 7.05. The topological polar surface area (TPSA) is 54.5 Å². The standard InChI is InChI=1S/C16H21NO3S/c1-12-7-6-8-13(2)16(12)17(14-9-4-5-10-14)15(18)11-21(3,19)20/h6-9H,4-5,10-11H2,1-3H3. The van der Waals surface area contributed by atoms with Gasteiger partial charge in [-0.05, 0) is 44.2 Å². The fourth-order valence-electron chi connectivity index (χ4n) is 2.73. The van der Waals surface area contributed by atoms with Crippen LogP contribution in [0.4, 0.5) is 5.69 Å². The largest absolute Gasteiger partial charge is 0.284 e. The van der Waals surface area contributed by atoms with Crippen molar-refractivity contribution < 1.29 is 13.2 Å². The first-order chi connectivity index (χ1) is 9.79. The molecular formula is C16H21NO3S. The van der Waals surface area contributed by atoms with E-state index >= 15 is 0 Å². The van der Waals surface area contributed by atoms with Crippen molar-refractivity contribution >= 4 is 21.4 Å². The molecule has 1 aromatic carbocycles. The van der Waals surface area contributed by atoms with Gasteiger partial charge in [0.25, 0.3) is 0 Å². The molecule has 114 valence electrons. The molecule has 4 nitrogen and oxygen atoms in total. The molecule has 21 heavy (non-hydrogen) atoms. The predicted octanol–water partition coefficient (Wildman–Crippen LogP) is 2.75. The number of amides is 1. The summed E-state index contributed by atoms with van der Waals surface area (Å²) in [5.74, 6) is -0.832. The Hall–Kier alpha value is -1.62. The van der Waals surface area contributed by atoms with Gasteiger partial charge in [0.2, 0.25) is 5.91 Å². The molecule has 0 atom stereocenters. The van der Waals surface area contributed by atoms with Crippen molar-refractivity contribution in [2.45, 2.75) is 33.1 Å². The van der Waals surface area contributed by atoms with E-state index in [1.165, 1.54) is 0 Å². The van der Waals surface area contributed by atoms with Crippen LogP contribution in [0.2, 0.25) is 0 Å². The predicted molar refractivity (Wildman–Crippen MR) is 85.0 cm³/mol. The molecule has 5 heteroatoms. The van der Waals surface area contributed by atoms with Crippen LogP contribution >= 0.6 is 0 Å². The molecule has 1 amide bonds. The highest BCUT2D eigenvalue weighted by Crippen LogP contribution is 2.32. The van der Waals surface area contributed by atoms with E-state index in [0.717, 1.165) is 48.0 Å². The number of allylic oxidation sites excluding steroid dienone is 2. The summed E-state index contributed by atoms with van der Waals surface area (Å²) in [6.07, 6.45) is 5.87. The minimum absolute atomic E-state index is 0.372. The van der Waals surface area contributed by atoms with Crippen LogP contribution in [0.3, 0.4) is 0 Å². The first kappa shape index (κ1) is 15.8. The second kappa shape index (κ2) is 6.02. The molecule has 0 saturated heterocycles. The van der Waals surface area contributed by atoms with Crippen molar-refractivity contribution in [3.8, 4) is 0 Å². The van der Waals surface area contributed by atoms with Crippen molar-refractivity contribution in [3.05, 3.63) is 41.1 Å². The third-order valence-corrected chi connectivity index (χ3v) is 4.37. The molecule has 0 fully saturated rings. The molecule has 0 aliphatic heterocycles. The normalized spacial score (nSPS) is 14.9. The molecule has 1 aromatic rings. The number of benzene rings is 1. The van der Waals surface area contributed by atoms with Gasteiger partial charge in [-0.2, -0.15) is 0 Å². The van der Waals surface area contributed by atoms with E-state index in [4.69, 9.17) is 0 Å². The second-order valence-electron chi connectivity index (χ2n) is 5.63. The molecule has 0 aromatic heterocycles. The summed E-state index contributed by atoms with van der Waals surface area (Å²) in [4.78, 5) is 14.2. The van der Waals surface area contributed by atoms with Crippen LogP contribution in [-0.4, -0.2) is 26.3 Å². The third-order valence-electron chi connectivity index (χ3n) is 3.60. The number of carbonyl (C=O) groups excluding carboxylic acids is 1. The van der Waals surface area contributed by atoms with Crippen LogP contribution in [0.1, 0.15) is 30.4 Å². The van der Waals surface area contributed by atoms with E-state index in [2.05, 4.69) is 0 Å². The SMILES string of the molecule is Cc1cccc(C)c1N(C(=O)CS(C)(=O)=O)C1=CCCC1. The van der Waals surface area contributed by atoms with Gasteiger partial charge in [-0.1, -0.05) is 24.3 Å². The van der Waals surface area contributed by atoms with Crippen LogP contribution in [0.15, 0.2) is 30.0 Å². The molecule has 2 rings (SSSR count). The van der Waals surface area contributed by atoms with Crippen molar-refractivity contribution in [2.75, 3.05) is 16.9 Å². The summed E-state index contributed by atoms with van der Waals surface area (Å²) < 4.78 is 23.0. The van der Waals surface area contributed by atoms with Crippen molar-refractivity contribution in [1.29, 1.82) is 0 Å². The zero-order valence-electron chi connectivity index (χ0n) is 12.7. The molecule has 0 bridgehead atoms. The maximum Gasteiger partial charge on any atom is 0.246 e. The Morgan fingerprint density at radius 1 is 1.24 bits per heavy atom. The average Bonchev–Trinajstić information content (AvgIpc) is 2.84. The lowest BCUT2D eigenvalue weighted by Crippen LogP contribution is -2.35. The van der Waals surface area contributed by atoms with Crippen molar-refractivity contribution in [2.24, 2.45) is 0 Å². The molecule has 0 radical (unpaired) electrons. The third kappa shape index (κ3) is 3.73. The summed E-state index contributed by atoms with van der Waals surface area (Å²) in [6.45, 7) is 3.89. The maximum absolute atomic E-state index is 12.6. The second-order valence-corrected chi connectivity index (χ2v) is 7.77. The van der Waals surface area contributed by atoms with Crippen LogP contribution in [0, 0.1) is 13.8 Å². The van der Waals surface area contributed by atoms with E-state index in [-0.39, 0.29) is 5.91 Å². The van der Waals surface area contributed by atoms with Crippen LogP contribution in [0.5, 0.6) is 0 Å². The minimum Gasteiger partial charge on any atom is -0.284 e. The lowest BCUT2D eigenvalue weighted by Gasteiger charge is -2.27. The molecular weight excluding hydrogens is 286 g/mol. The van der Waals surface area contributed by atoms with Crippen LogP contribution < -0.4 is 4.90 Å². The Morgan fingerprint density at radius 2 is 1.86 bits per heavy atom. The number of hydrogen-bond acceptors (Lipinski definition) is 3. The molecule has 1 aliphatic carbocycles. The van der Waals surface area contributed by atoms with Gasteiger partial charge in [-0.15, -0.1) is 0 Å². The maximum atomic E-state index is 12.6. The van der Waals surface area contributed by atoms with E-state index in [9.17, 15) is 13.2 Å². The Labute approximate surface area is 126 Å². The number of carbonyl (C=O) groups is 1. The highest BCUT2D eigenvalue weighted by Gasteiger charge is 2.26. The van der Waals surface area contributed by atoms with Crippen molar-refractivity contribution in [1.82, 2.24) is 0 Å². The number of anilines is 1. The highest BCUT2D eigenvalue weighted by molar-refractivity contribution is 7.91. The van der Waals surface area contributed by atoms with Gasteiger partial charge >= 0.3 is 0 Å². The lowest BCUT2D eigenvalue weighted by molar-refractivity contribution is -0.115. The average molecular weight is 307 g/mol. The fraction of sp³-hybridized carbons (Fsp3) is 0.438. The Morgan fingerprint density at radius 3 is 2.33 bits per heavy atom. The van der Waals surface area contributed by atoms with Gasteiger partial charge in [0.1, 0.15) is 5.75 Å². The molecule has 0 unspecified atom stereocenters. The Bertz CT molecular complexity index is 669. The number of sulfone groups is 1. The van der Waals surface area contributed by atoms with E-state index in [1.54, 1.807) is 4.90 Å². The molecule has 0 saturated carbocycles. The van der Waals surface area contributed by atoms with Gasteiger partial charge in [0.05, 0.1) is 5.69 Å². The number of rotatable bonds is 4. The van der Waals surface area contributed by atoms with E-state index in [1.807, 2.05) is 38.1 Å². The fourth-order valence-corrected chi connectivity index (χ4v) is 3.31. The molecule has 1 aliphatic rings. The van der Waals surface area contributed by atoms with Gasteiger partial charge in [0.15, 0.2) is 9.84 Å². The molecule has 0 spiro atoms. The summed E-state index contributed by atoms with van der Waals surface area (Å²) in [6, 6.07) is 5.83. The van der Waals surface area contributed by atoms with Gasteiger partial charge < -0.3 is 0 Å². The Balaban J connectivity index is 2.49. The zero-order chi connectivity index (χ0) is 15.6.